The van der Waals surface area contributed by atoms with E-state index < -0.39 is 0 Å². The number of thiazole rings is 1. The van der Waals surface area contributed by atoms with Crippen LogP contribution in [0.1, 0.15) is 47.4 Å². The molecule has 7 nitrogen and oxygen atoms in total. The number of aromatic amines is 1. The van der Waals surface area contributed by atoms with Gasteiger partial charge in [0.2, 0.25) is 5.91 Å². The molecule has 0 radical (unpaired) electrons. The molecule has 8 heteroatoms. The predicted octanol–water partition coefficient (Wildman–Crippen LogP) is 5.99. The Morgan fingerprint density at radius 3 is 2.67 bits per heavy atom. The van der Waals surface area contributed by atoms with E-state index in [2.05, 4.69) is 37.9 Å². The Bertz CT molecular complexity index is 1630. The normalized spacial score (nSPS) is 14.2. The molecule has 0 bridgehead atoms. The topological polar surface area (TPSA) is 99.8 Å². The highest BCUT2D eigenvalue weighted by Crippen LogP contribution is 2.34. The van der Waals surface area contributed by atoms with Crippen LogP contribution in [0.4, 0.5) is 5.13 Å². The van der Waals surface area contributed by atoms with Gasteiger partial charge >= 0.3 is 0 Å². The number of carbonyl (C=O) groups is 2. The molecule has 1 aliphatic rings. The number of hydrogen-bond donors (Lipinski definition) is 3. The average Bonchev–Trinajstić information content (AvgIpc) is 3.52. The van der Waals surface area contributed by atoms with E-state index in [1.165, 1.54) is 11.3 Å². The molecular formula is C28H25N5O2S. The number of H-pyrrole nitrogens is 1. The largest absolute Gasteiger partial charge is 0.344 e. The molecule has 1 aliphatic carbocycles. The van der Waals surface area contributed by atoms with Crippen molar-refractivity contribution in [3.8, 4) is 11.1 Å². The summed E-state index contributed by atoms with van der Waals surface area (Å²) < 4.78 is 0.996. The minimum atomic E-state index is -0.221. The molecule has 1 atom stereocenters. The van der Waals surface area contributed by atoms with Gasteiger partial charge in [-0.15, -0.1) is 0 Å². The Labute approximate surface area is 212 Å². The molecule has 2 amide bonds. The highest BCUT2D eigenvalue weighted by molar-refractivity contribution is 7.22. The third-order valence-electron chi connectivity index (χ3n) is 6.57. The molecule has 6 rings (SSSR count). The van der Waals surface area contributed by atoms with Gasteiger partial charge in [-0.05, 0) is 67.6 Å². The second-order valence-electron chi connectivity index (χ2n) is 9.41. The quantitative estimate of drug-likeness (QED) is 0.269. The Morgan fingerprint density at radius 2 is 1.86 bits per heavy atom. The van der Waals surface area contributed by atoms with E-state index in [0.29, 0.717) is 10.8 Å². The van der Waals surface area contributed by atoms with Crippen LogP contribution in [0.5, 0.6) is 0 Å². The minimum Gasteiger partial charge on any atom is -0.344 e. The van der Waals surface area contributed by atoms with Crippen LogP contribution >= 0.6 is 11.3 Å². The molecule has 3 N–H and O–H groups in total. The number of benzene rings is 3. The Morgan fingerprint density at radius 1 is 1.06 bits per heavy atom. The van der Waals surface area contributed by atoms with E-state index in [1.807, 2.05) is 62.4 Å². The predicted molar refractivity (Wildman–Crippen MR) is 143 cm³/mol. The van der Waals surface area contributed by atoms with Gasteiger partial charge in [-0.25, -0.2) is 4.98 Å². The van der Waals surface area contributed by atoms with Gasteiger partial charge in [0.25, 0.3) is 5.91 Å². The molecule has 36 heavy (non-hydrogen) atoms. The van der Waals surface area contributed by atoms with E-state index in [-0.39, 0.29) is 23.8 Å². The van der Waals surface area contributed by atoms with E-state index in [0.717, 1.165) is 56.2 Å². The number of carbonyl (C=O) groups excluding carboxylic acids is 2. The monoisotopic (exact) mass is 495 g/mol. The third-order valence-corrected chi connectivity index (χ3v) is 7.50. The van der Waals surface area contributed by atoms with Crippen LogP contribution in [-0.2, 0) is 4.79 Å². The van der Waals surface area contributed by atoms with Crippen molar-refractivity contribution in [1.82, 2.24) is 20.5 Å². The summed E-state index contributed by atoms with van der Waals surface area (Å²) in [4.78, 5) is 29.8. The lowest BCUT2D eigenvalue weighted by atomic mass is 10.0. The number of nitrogens with zero attached hydrogens (tertiary/aromatic N) is 2. The van der Waals surface area contributed by atoms with Gasteiger partial charge in [-0.1, -0.05) is 53.3 Å². The number of aromatic nitrogens is 3. The fraction of sp³-hybridized carbons (Fsp3) is 0.214. The van der Waals surface area contributed by atoms with E-state index >= 15 is 0 Å². The van der Waals surface area contributed by atoms with Crippen molar-refractivity contribution in [1.29, 1.82) is 0 Å². The Balaban J connectivity index is 1.27. The maximum Gasteiger partial charge on any atom is 0.272 e. The van der Waals surface area contributed by atoms with Gasteiger partial charge in [0.15, 0.2) is 10.8 Å². The van der Waals surface area contributed by atoms with E-state index in [1.54, 1.807) is 0 Å². The van der Waals surface area contributed by atoms with Gasteiger partial charge in [0.1, 0.15) is 0 Å². The van der Waals surface area contributed by atoms with Crippen LogP contribution in [0.25, 0.3) is 32.2 Å². The summed E-state index contributed by atoms with van der Waals surface area (Å²) in [6, 6.07) is 20.0. The van der Waals surface area contributed by atoms with Gasteiger partial charge in [0, 0.05) is 11.3 Å². The zero-order valence-electron chi connectivity index (χ0n) is 20.0. The number of anilines is 1. The highest BCUT2D eigenvalue weighted by atomic mass is 32.1. The van der Waals surface area contributed by atoms with E-state index in [9.17, 15) is 9.59 Å². The van der Waals surface area contributed by atoms with Gasteiger partial charge in [-0.3, -0.25) is 14.7 Å². The van der Waals surface area contributed by atoms with Crippen LogP contribution in [0, 0.1) is 12.8 Å². The molecule has 0 spiro atoms. The lowest BCUT2D eigenvalue weighted by Crippen LogP contribution is -2.27. The molecule has 2 heterocycles. The maximum absolute atomic E-state index is 13.1. The third kappa shape index (κ3) is 4.35. The second kappa shape index (κ2) is 8.87. The highest BCUT2D eigenvalue weighted by Gasteiger charge is 2.30. The summed E-state index contributed by atoms with van der Waals surface area (Å²) in [5, 5.41) is 14.7. The van der Waals surface area contributed by atoms with Crippen LogP contribution < -0.4 is 10.6 Å². The summed E-state index contributed by atoms with van der Waals surface area (Å²) in [7, 11) is 0. The van der Waals surface area contributed by atoms with Crippen LogP contribution in [0.2, 0.25) is 0 Å². The number of amides is 2. The summed E-state index contributed by atoms with van der Waals surface area (Å²) in [6.07, 6.45) is 1.92. The lowest BCUT2D eigenvalue weighted by Gasteiger charge is -2.14. The molecule has 5 aromatic rings. The molecule has 1 saturated carbocycles. The molecule has 3 aromatic carbocycles. The second-order valence-corrected chi connectivity index (χ2v) is 10.4. The number of aryl methyl sites for hydroxylation is 1. The first kappa shape index (κ1) is 22.4. The maximum atomic E-state index is 13.1. The number of nitrogens with one attached hydrogen (secondary N) is 3. The lowest BCUT2D eigenvalue weighted by molar-refractivity contribution is -0.117. The molecular weight excluding hydrogens is 470 g/mol. The number of hydrogen-bond acceptors (Lipinski definition) is 5. The van der Waals surface area contributed by atoms with Crippen molar-refractivity contribution in [2.24, 2.45) is 5.92 Å². The zero-order valence-corrected chi connectivity index (χ0v) is 20.8. The SMILES string of the molecule is Cc1cccc([C@H](C)NC(=O)c2n[nH]c3ccc(-c4ccc5nc(NC(=O)C6CC6)sc5c4)cc23)c1. The van der Waals surface area contributed by atoms with Crippen molar-refractivity contribution in [2.45, 2.75) is 32.7 Å². The molecule has 2 aromatic heterocycles. The van der Waals surface area contributed by atoms with Crippen LogP contribution in [-0.4, -0.2) is 27.0 Å². The average molecular weight is 496 g/mol. The Hall–Kier alpha value is -4.04. The minimum absolute atomic E-state index is 0.0576. The van der Waals surface area contributed by atoms with Crippen molar-refractivity contribution < 1.29 is 9.59 Å². The molecule has 0 aliphatic heterocycles. The van der Waals surface area contributed by atoms with Crippen molar-refractivity contribution in [3.05, 3.63) is 77.5 Å². The molecule has 0 unspecified atom stereocenters. The fourth-order valence-corrected chi connectivity index (χ4v) is 5.27. The zero-order chi connectivity index (χ0) is 24.8. The first-order chi connectivity index (χ1) is 17.4. The summed E-state index contributed by atoms with van der Waals surface area (Å²) in [5.41, 5.74) is 6.21. The summed E-state index contributed by atoms with van der Waals surface area (Å²) >= 11 is 1.47. The summed E-state index contributed by atoms with van der Waals surface area (Å²) in [5.74, 6) is -0.0240. The number of fused-ring (bicyclic) bond motifs is 2. The van der Waals surface area contributed by atoms with Crippen LogP contribution in [0.3, 0.4) is 0 Å². The Kier molecular flexibility index (Phi) is 5.53. The first-order valence-corrected chi connectivity index (χ1v) is 12.8. The van der Waals surface area contributed by atoms with Crippen LogP contribution in [0.15, 0.2) is 60.7 Å². The fourth-order valence-electron chi connectivity index (χ4n) is 4.37. The van der Waals surface area contributed by atoms with Gasteiger partial charge in [0.05, 0.1) is 21.8 Å². The standard InChI is InChI=1S/C28H25N5O2S/c1-15-4-3-5-18(12-15)16(2)29-27(35)25-21-13-19(8-10-22(21)32-33-25)20-9-11-23-24(14-20)36-28(30-23)31-26(34)17-6-7-17/h3-5,8-14,16-17H,6-7H2,1-2H3,(H,29,35)(H,32,33)(H,30,31,34)/t16-/m0/s1. The first-order valence-electron chi connectivity index (χ1n) is 12.0. The van der Waals surface area contributed by atoms with Gasteiger partial charge < -0.3 is 10.6 Å². The van der Waals surface area contributed by atoms with Crippen molar-refractivity contribution in [3.63, 3.8) is 0 Å². The molecule has 1 fully saturated rings. The summed E-state index contributed by atoms with van der Waals surface area (Å²) in [6.45, 7) is 4.01. The van der Waals surface area contributed by atoms with Crippen molar-refractivity contribution in [2.75, 3.05) is 5.32 Å². The van der Waals surface area contributed by atoms with Crippen molar-refractivity contribution >= 4 is 49.4 Å². The number of rotatable bonds is 6. The van der Waals surface area contributed by atoms with E-state index in [4.69, 9.17) is 0 Å². The molecule has 0 saturated heterocycles. The smallest absolute Gasteiger partial charge is 0.272 e. The molecule has 180 valence electrons. The van der Waals surface area contributed by atoms with Gasteiger partial charge in [-0.2, -0.15) is 5.10 Å².